The summed E-state index contributed by atoms with van der Waals surface area (Å²) < 4.78 is 0. The molecule has 2 atom stereocenters. The van der Waals surface area contributed by atoms with Crippen molar-refractivity contribution in [1.82, 2.24) is 5.32 Å². The molecule has 0 bridgehead atoms. The molecule has 2 unspecified atom stereocenters. The molecule has 0 spiro atoms. The standard InChI is InChI=1S/C14H23NS/c1-5-6-11(2)13(4)15-9-7-14-12(3)8-10-16-14/h5,8,10-11,13,15H,1,6-7,9H2,2-4H3. The molecule has 0 aliphatic rings. The van der Waals surface area contributed by atoms with Gasteiger partial charge in [0.2, 0.25) is 0 Å². The lowest BCUT2D eigenvalue weighted by Crippen LogP contribution is -2.33. The molecule has 1 nitrogen and oxygen atoms in total. The summed E-state index contributed by atoms with van der Waals surface area (Å²) in [7, 11) is 0. The van der Waals surface area contributed by atoms with Gasteiger partial charge in [0.25, 0.3) is 0 Å². The van der Waals surface area contributed by atoms with E-state index in [9.17, 15) is 0 Å². The second-order valence-electron chi connectivity index (χ2n) is 4.52. The van der Waals surface area contributed by atoms with Gasteiger partial charge in [0, 0.05) is 17.5 Å². The van der Waals surface area contributed by atoms with Crippen molar-refractivity contribution < 1.29 is 0 Å². The van der Waals surface area contributed by atoms with Gasteiger partial charge in [-0.05, 0) is 49.6 Å². The monoisotopic (exact) mass is 237 g/mol. The quantitative estimate of drug-likeness (QED) is 0.711. The number of hydrogen-bond acceptors (Lipinski definition) is 2. The fourth-order valence-electron chi connectivity index (χ4n) is 1.74. The Hall–Kier alpha value is -0.600. The van der Waals surface area contributed by atoms with Crippen LogP contribution in [0.5, 0.6) is 0 Å². The van der Waals surface area contributed by atoms with E-state index in [-0.39, 0.29) is 0 Å². The minimum absolute atomic E-state index is 0.568. The van der Waals surface area contributed by atoms with Crippen LogP contribution in [0.1, 0.15) is 30.7 Å². The molecule has 1 heterocycles. The second-order valence-corrected chi connectivity index (χ2v) is 5.52. The molecular formula is C14H23NS. The fraction of sp³-hybridized carbons (Fsp3) is 0.571. The summed E-state index contributed by atoms with van der Waals surface area (Å²) in [5.41, 5.74) is 1.43. The van der Waals surface area contributed by atoms with Crippen LogP contribution >= 0.6 is 11.3 Å². The van der Waals surface area contributed by atoms with Crippen LogP contribution in [0, 0.1) is 12.8 Å². The van der Waals surface area contributed by atoms with E-state index in [4.69, 9.17) is 0 Å². The van der Waals surface area contributed by atoms with Crippen molar-refractivity contribution in [1.29, 1.82) is 0 Å². The van der Waals surface area contributed by atoms with Crippen LogP contribution in [-0.4, -0.2) is 12.6 Å². The summed E-state index contributed by atoms with van der Waals surface area (Å²) >= 11 is 1.86. The van der Waals surface area contributed by atoms with Gasteiger partial charge < -0.3 is 5.32 Å². The normalized spacial score (nSPS) is 14.7. The maximum absolute atomic E-state index is 3.79. The number of allylic oxidation sites excluding steroid dienone is 1. The first-order valence-corrected chi connectivity index (χ1v) is 6.90. The highest BCUT2D eigenvalue weighted by atomic mass is 32.1. The van der Waals surface area contributed by atoms with Crippen LogP contribution in [0.25, 0.3) is 0 Å². The van der Waals surface area contributed by atoms with Crippen LogP contribution in [0.3, 0.4) is 0 Å². The van der Waals surface area contributed by atoms with Crippen molar-refractivity contribution >= 4 is 11.3 Å². The van der Waals surface area contributed by atoms with Crippen molar-refractivity contribution in [3.63, 3.8) is 0 Å². The van der Waals surface area contributed by atoms with E-state index in [2.05, 4.69) is 44.1 Å². The molecule has 0 aromatic carbocycles. The summed E-state index contributed by atoms with van der Waals surface area (Å²) in [6.07, 6.45) is 4.24. The van der Waals surface area contributed by atoms with Crippen molar-refractivity contribution in [2.24, 2.45) is 5.92 Å². The molecule has 0 saturated heterocycles. The van der Waals surface area contributed by atoms with E-state index in [1.54, 1.807) is 0 Å². The number of thiophene rings is 1. The Kier molecular flexibility index (Phi) is 5.78. The van der Waals surface area contributed by atoms with Crippen molar-refractivity contribution in [3.8, 4) is 0 Å². The molecule has 1 aromatic heterocycles. The zero-order chi connectivity index (χ0) is 12.0. The molecule has 0 aliphatic heterocycles. The lowest BCUT2D eigenvalue weighted by Gasteiger charge is -2.19. The zero-order valence-electron chi connectivity index (χ0n) is 10.6. The molecule has 1 aromatic rings. The van der Waals surface area contributed by atoms with E-state index in [0.29, 0.717) is 12.0 Å². The minimum atomic E-state index is 0.568. The van der Waals surface area contributed by atoms with E-state index < -0.39 is 0 Å². The number of rotatable bonds is 7. The van der Waals surface area contributed by atoms with Gasteiger partial charge in [0.1, 0.15) is 0 Å². The third-order valence-corrected chi connectivity index (χ3v) is 4.26. The fourth-order valence-corrected chi connectivity index (χ4v) is 2.65. The summed E-state index contributed by atoms with van der Waals surface area (Å²) in [6, 6.07) is 2.77. The third-order valence-electron chi connectivity index (χ3n) is 3.18. The topological polar surface area (TPSA) is 12.0 Å². The summed E-state index contributed by atoms with van der Waals surface area (Å²) in [4.78, 5) is 1.51. The van der Waals surface area contributed by atoms with Gasteiger partial charge in [0.05, 0.1) is 0 Å². The number of hydrogen-bond donors (Lipinski definition) is 1. The zero-order valence-corrected chi connectivity index (χ0v) is 11.4. The summed E-state index contributed by atoms with van der Waals surface area (Å²) in [5, 5.41) is 5.77. The smallest absolute Gasteiger partial charge is 0.00870 e. The Morgan fingerprint density at radius 3 is 2.81 bits per heavy atom. The van der Waals surface area contributed by atoms with Crippen LogP contribution < -0.4 is 5.32 Å². The van der Waals surface area contributed by atoms with Crippen molar-refractivity contribution in [2.45, 2.75) is 39.7 Å². The molecule has 1 rings (SSSR count). The number of aryl methyl sites for hydroxylation is 1. The van der Waals surface area contributed by atoms with Gasteiger partial charge in [-0.3, -0.25) is 0 Å². The Labute approximate surface area is 104 Å². The van der Waals surface area contributed by atoms with Crippen molar-refractivity contribution in [2.75, 3.05) is 6.54 Å². The average molecular weight is 237 g/mol. The first-order chi connectivity index (χ1) is 7.65. The maximum atomic E-state index is 3.79. The number of nitrogens with one attached hydrogen (secondary N) is 1. The Morgan fingerprint density at radius 2 is 2.25 bits per heavy atom. The highest BCUT2D eigenvalue weighted by Gasteiger charge is 2.09. The maximum Gasteiger partial charge on any atom is 0.00870 e. The lowest BCUT2D eigenvalue weighted by molar-refractivity contribution is 0.406. The molecule has 0 saturated carbocycles. The van der Waals surface area contributed by atoms with Gasteiger partial charge in [-0.25, -0.2) is 0 Å². The van der Waals surface area contributed by atoms with Gasteiger partial charge >= 0.3 is 0 Å². The predicted molar refractivity (Wildman–Crippen MR) is 74.2 cm³/mol. The SMILES string of the molecule is C=CCC(C)C(C)NCCc1sccc1C. The van der Waals surface area contributed by atoms with Gasteiger partial charge in [0.15, 0.2) is 0 Å². The highest BCUT2D eigenvalue weighted by molar-refractivity contribution is 7.10. The van der Waals surface area contributed by atoms with Crippen molar-refractivity contribution in [3.05, 3.63) is 34.5 Å². The molecular weight excluding hydrogens is 214 g/mol. The largest absolute Gasteiger partial charge is 0.314 e. The van der Waals surface area contributed by atoms with E-state index in [1.807, 2.05) is 17.4 Å². The van der Waals surface area contributed by atoms with Crippen LogP contribution in [0.15, 0.2) is 24.1 Å². The molecule has 0 amide bonds. The second kappa shape index (κ2) is 6.87. The van der Waals surface area contributed by atoms with Gasteiger partial charge in [-0.2, -0.15) is 0 Å². The molecule has 0 fully saturated rings. The predicted octanol–water partition coefficient (Wildman–Crippen LogP) is 3.79. The van der Waals surface area contributed by atoms with Crippen LogP contribution in [-0.2, 0) is 6.42 Å². The lowest BCUT2D eigenvalue weighted by atomic mass is 10.00. The molecule has 90 valence electrons. The van der Waals surface area contributed by atoms with Crippen LogP contribution in [0.2, 0.25) is 0 Å². The third kappa shape index (κ3) is 4.11. The first-order valence-electron chi connectivity index (χ1n) is 6.02. The molecule has 0 aliphatic carbocycles. The van der Waals surface area contributed by atoms with Crippen LogP contribution in [0.4, 0.5) is 0 Å². The van der Waals surface area contributed by atoms with E-state index in [1.165, 1.54) is 10.4 Å². The average Bonchev–Trinajstić information content (AvgIpc) is 2.65. The van der Waals surface area contributed by atoms with Gasteiger partial charge in [-0.15, -0.1) is 17.9 Å². The molecule has 2 heteroatoms. The highest BCUT2D eigenvalue weighted by Crippen LogP contribution is 2.16. The molecule has 1 N–H and O–H groups in total. The summed E-state index contributed by atoms with van der Waals surface area (Å²) in [6.45, 7) is 11.6. The first kappa shape index (κ1) is 13.5. The van der Waals surface area contributed by atoms with E-state index >= 15 is 0 Å². The molecule has 0 radical (unpaired) electrons. The molecule has 16 heavy (non-hydrogen) atoms. The Bertz CT molecular complexity index is 316. The minimum Gasteiger partial charge on any atom is -0.314 e. The van der Waals surface area contributed by atoms with E-state index in [0.717, 1.165) is 19.4 Å². The summed E-state index contributed by atoms with van der Waals surface area (Å²) in [5.74, 6) is 0.668. The Morgan fingerprint density at radius 1 is 1.50 bits per heavy atom. The van der Waals surface area contributed by atoms with Gasteiger partial charge in [-0.1, -0.05) is 13.0 Å². The Balaban J connectivity index is 2.25.